The molecule has 0 aromatic heterocycles. The molecule has 0 fully saturated rings. The predicted octanol–water partition coefficient (Wildman–Crippen LogP) is 3.35. The van der Waals surface area contributed by atoms with E-state index in [0.29, 0.717) is 16.8 Å². The van der Waals surface area contributed by atoms with Gasteiger partial charge >= 0.3 is 5.97 Å². The van der Waals surface area contributed by atoms with Crippen molar-refractivity contribution in [3.63, 3.8) is 0 Å². The van der Waals surface area contributed by atoms with Gasteiger partial charge in [0.05, 0.1) is 37.4 Å². The van der Waals surface area contributed by atoms with Crippen LogP contribution in [0.25, 0.3) is 0 Å². The summed E-state index contributed by atoms with van der Waals surface area (Å²) in [4.78, 5) is 35.1. The van der Waals surface area contributed by atoms with Crippen molar-refractivity contribution in [2.45, 2.75) is 13.8 Å². The number of nitro groups is 1. The van der Waals surface area contributed by atoms with Crippen LogP contribution in [0.2, 0.25) is 0 Å². The van der Waals surface area contributed by atoms with Gasteiger partial charge in [0.15, 0.2) is 11.5 Å². The quantitative estimate of drug-likeness (QED) is 0.439. The molecule has 2 aromatic rings. The lowest BCUT2D eigenvalue weighted by Crippen LogP contribution is -2.15. The van der Waals surface area contributed by atoms with Crippen LogP contribution < -0.4 is 14.8 Å². The van der Waals surface area contributed by atoms with Crippen molar-refractivity contribution in [2.24, 2.45) is 0 Å². The van der Waals surface area contributed by atoms with Crippen LogP contribution >= 0.6 is 0 Å². The SMILES string of the molecule is CCOc1cc([N+](=O)[O-])c(C(=O)Nc2ccc(C(=O)OC)cc2C)cc1OC. The Morgan fingerprint density at radius 2 is 1.86 bits per heavy atom. The third kappa shape index (κ3) is 4.37. The fourth-order valence-corrected chi connectivity index (χ4v) is 2.55. The summed E-state index contributed by atoms with van der Waals surface area (Å²) in [5.74, 6) is -0.822. The number of aryl methyl sites for hydroxylation is 1. The maximum absolute atomic E-state index is 12.7. The number of hydrogen-bond donors (Lipinski definition) is 1. The Morgan fingerprint density at radius 1 is 1.14 bits per heavy atom. The highest BCUT2D eigenvalue weighted by molar-refractivity contribution is 6.08. The predicted molar refractivity (Wildman–Crippen MR) is 101 cm³/mol. The van der Waals surface area contributed by atoms with Crippen molar-refractivity contribution in [2.75, 3.05) is 26.1 Å². The number of nitro benzene ring substituents is 1. The molecular formula is C19H20N2O7. The minimum absolute atomic E-state index is 0.173. The smallest absolute Gasteiger partial charge is 0.337 e. The van der Waals surface area contributed by atoms with E-state index in [1.165, 1.54) is 32.4 Å². The third-order valence-corrected chi connectivity index (χ3v) is 3.92. The van der Waals surface area contributed by atoms with Gasteiger partial charge in [0.2, 0.25) is 0 Å². The van der Waals surface area contributed by atoms with Gasteiger partial charge in [-0.25, -0.2) is 4.79 Å². The van der Waals surface area contributed by atoms with E-state index in [2.05, 4.69) is 10.1 Å². The molecule has 9 nitrogen and oxygen atoms in total. The van der Waals surface area contributed by atoms with Crippen LogP contribution in [0.3, 0.4) is 0 Å². The van der Waals surface area contributed by atoms with Gasteiger partial charge in [-0.2, -0.15) is 0 Å². The number of nitrogens with one attached hydrogen (secondary N) is 1. The second-order valence-corrected chi connectivity index (χ2v) is 5.69. The first-order chi connectivity index (χ1) is 13.3. The molecule has 0 saturated carbocycles. The van der Waals surface area contributed by atoms with Crippen LogP contribution in [0.5, 0.6) is 11.5 Å². The highest BCUT2D eigenvalue weighted by Gasteiger charge is 2.25. The number of amides is 1. The van der Waals surface area contributed by atoms with E-state index >= 15 is 0 Å². The molecule has 0 radical (unpaired) electrons. The van der Waals surface area contributed by atoms with E-state index in [4.69, 9.17) is 9.47 Å². The van der Waals surface area contributed by atoms with Gasteiger partial charge < -0.3 is 19.5 Å². The number of hydrogen-bond acceptors (Lipinski definition) is 7. The first kappa shape index (κ1) is 20.7. The summed E-state index contributed by atoms with van der Waals surface area (Å²) in [5.41, 5.74) is 0.732. The fraction of sp³-hybridized carbons (Fsp3) is 0.263. The van der Waals surface area contributed by atoms with Crippen LogP contribution in [0.1, 0.15) is 33.2 Å². The number of rotatable bonds is 7. The highest BCUT2D eigenvalue weighted by atomic mass is 16.6. The standard InChI is InChI=1S/C19H20N2O7/c1-5-28-17-10-15(21(24)25)13(9-16(17)26-3)18(22)20-14-7-6-12(8-11(14)2)19(23)27-4/h6-10H,5H2,1-4H3,(H,20,22). The summed E-state index contributed by atoms with van der Waals surface area (Å²) in [5, 5.41) is 14.0. The van der Waals surface area contributed by atoms with Crippen molar-refractivity contribution in [1.29, 1.82) is 0 Å². The summed E-state index contributed by atoms with van der Waals surface area (Å²) in [7, 11) is 2.65. The number of nitrogens with zero attached hydrogens (tertiary/aromatic N) is 1. The molecule has 1 amide bonds. The van der Waals surface area contributed by atoms with Crippen LogP contribution in [0, 0.1) is 17.0 Å². The van der Waals surface area contributed by atoms with Crippen LogP contribution in [-0.2, 0) is 4.74 Å². The Kier molecular flexibility index (Phi) is 6.54. The average Bonchev–Trinajstić information content (AvgIpc) is 2.68. The molecule has 2 aromatic carbocycles. The number of carbonyl (C=O) groups is 2. The van der Waals surface area contributed by atoms with Gasteiger partial charge in [0.1, 0.15) is 5.56 Å². The molecule has 0 aliphatic heterocycles. The van der Waals surface area contributed by atoms with Crippen molar-refractivity contribution < 1.29 is 28.7 Å². The number of esters is 1. The normalized spacial score (nSPS) is 10.1. The summed E-state index contributed by atoms with van der Waals surface area (Å²) < 4.78 is 15.2. The molecule has 0 atom stereocenters. The minimum Gasteiger partial charge on any atom is -0.493 e. The largest absolute Gasteiger partial charge is 0.493 e. The molecule has 0 bridgehead atoms. The fourth-order valence-electron chi connectivity index (χ4n) is 2.55. The molecule has 0 aliphatic rings. The zero-order valence-corrected chi connectivity index (χ0v) is 15.9. The maximum atomic E-state index is 12.7. The lowest BCUT2D eigenvalue weighted by Gasteiger charge is -2.13. The number of carbonyl (C=O) groups excluding carboxylic acids is 2. The summed E-state index contributed by atoms with van der Waals surface area (Å²) >= 11 is 0. The van der Waals surface area contributed by atoms with E-state index in [9.17, 15) is 19.7 Å². The lowest BCUT2D eigenvalue weighted by molar-refractivity contribution is -0.385. The van der Waals surface area contributed by atoms with Gasteiger partial charge in [0.25, 0.3) is 11.6 Å². The number of anilines is 1. The van der Waals surface area contributed by atoms with Gasteiger partial charge in [-0.15, -0.1) is 0 Å². The Balaban J connectivity index is 2.41. The maximum Gasteiger partial charge on any atom is 0.337 e. The average molecular weight is 388 g/mol. The summed E-state index contributed by atoms with van der Waals surface area (Å²) in [6.45, 7) is 3.70. The molecule has 28 heavy (non-hydrogen) atoms. The van der Waals surface area contributed by atoms with Crippen LogP contribution in [0.15, 0.2) is 30.3 Å². The van der Waals surface area contributed by atoms with Crippen LogP contribution in [0.4, 0.5) is 11.4 Å². The molecule has 1 N–H and O–H groups in total. The monoisotopic (exact) mass is 388 g/mol. The Morgan fingerprint density at radius 3 is 2.39 bits per heavy atom. The molecule has 0 spiro atoms. The van der Waals surface area contributed by atoms with Crippen molar-refractivity contribution >= 4 is 23.3 Å². The molecular weight excluding hydrogens is 368 g/mol. The zero-order chi connectivity index (χ0) is 20.8. The molecule has 0 saturated heterocycles. The van der Waals surface area contributed by atoms with Crippen LogP contribution in [-0.4, -0.2) is 37.6 Å². The Labute approximate surface area is 161 Å². The second-order valence-electron chi connectivity index (χ2n) is 5.69. The topological polar surface area (TPSA) is 117 Å². The second kappa shape index (κ2) is 8.85. The van der Waals surface area contributed by atoms with E-state index < -0.39 is 22.5 Å². The van der Waals surface area contributed by atoms with Gasteiger partial charge in [0, 0.05) is 11.8 Å². The summed E-state index contributed by atoms with van der Waals surface area (Å²) in [6, 6.07) is 6.98. The Bertz CT molecular complexity index is 925. The Hall–Kier alpha value is -3.62. The first-order valence-electron chi connectivity index (χ1n) is 8.31. The number of methoxy groups -OCH3 is 2. The third-order valence-electron chi connectivity index (χ3n) is 3.92. The molecule has 0 unspecified atom stereocenters. The van der Waals surface area contributed by atoms with Crippen molar-refractivity contribution in [3.05, 3.63) is 57.1 Å². The molecule has 148 valence electrons. The van der Waals surface area contributed by atoms with Gasteiger partial charge in [-0.05, 0) is 37.6 Å². The molecule has 9 heteroatoms. The van der Waals surface area contributed by atoms with Crippen molar-refractivity contribution in [1.82, 2.24) is 0 Å². The molecule has 0 heterocycles. The van der Waals surface area contributed by atoms with E-state index in [1.54, 1.807) is 19.9 Å². The van der Waals surface area contributed by atoms with E-state index in [-0.39, 0.29) is 23.7 Å². The molecule has 2 rings (SSSR count). The van der Waals surface area contributed by atoms with Crippen molar-refractivity contribution in [3.8, 4) is 11.5 Å². The van der Waals surface area contributed by atoms with E-state index in [0.717, 1.165) is 6.07 Å². The van der Waals surface area contributed by atoms with E-state index in [1.807, 2.05) is 0 Å². The first-order valence-corrected chi connectivity index (χ1v) is 8.31. The molecule has 0 aliphatic carbocycles. The highest BCUT2D eigenvalue weighted by Crippen LogP contribution is 2.35. The zero-order valence-electron chi connectivity index (χ0n) is 15.9. The van der Waals surface area contributed by atoms with Gasteiger partial charge in [-0.3, -0.25) is 14.9 Å². The summed E-state index contributed by atoms with van der Waals surface area (Å²) in [6.07, 6.45) is 0. The lowest BCUT2D eigenvalue weighted by atomic mass is 10.1. The number of ether oxygens (including phenoxy) is 3. The minimum atomic E-state index is -0.693. The van der Waals surface area contributed by atoms with Gasteiger partial charge in [-0.1, -0.05) is 0 Å². The number of benzene rings is 2.